The van der Waals surface area contributed by atoms with Gasteiger partial charge in [0.15, 0.2) is 0 Å². The summed E-state index contributed by atoms with van der Waals surface area (Å²) < 4.78 is 6.49. The van der Waals surface area contributed by atoms with Gasteiger partial charge in [-0.1, -0.05) is 13.8 Å². The lowest BCUT2D eigenvalue weighted by Gasteiger charge is -2.10. The first-order valence-corrected chi connectivity index (χ1v) is 7.10. The molecule has 1 aromatic carbocycles. The van der Waals surface area contributed by atoms with Gasteiger partial charge in [0, 0.05) is 7.05 Å². The van der Waals surface area contributed by atoms with Crippen LogP contribution in [0.3, 0.4) is 0 Å². The van der Waals surface area contributed by atoms with E-state index in [9.17, 15) is 14.7 Å². The first kappa shape index (κ1) is 16.5. The number of carboxylic acid groups (broad SMARTS) is 1. The van der Waals surface area contributed by atoms with Gasteiger partial charge in [-0.25, -0.2) is 4.79 Å². The minimum atomic E-state index is -1.15. The van der Waals surface area contributed by atoms with E-state index < -0.39 is 11.9 Å². The number of hydrogen-bond acceptors (Lipinski definition) is 4. The van der Waals surface area contributed by atoms with Gasteiger partial charge in [0.25, 0.3) is 5.91 Å². The summed E-state index contributed by atoms with van der Waals surface area (Å²) in [6.07, 6.45) is 0. The summed E-state index contributed by atoms with van der Waals surface area (Å²) in [6.45, 7) is 3.96. The van der Waals surface area contributed by atoms with Crippen molar-refractivity contribution in [2.24, 2.45) is 7.05 Å². The van der Waals surface area contributed by atoms with Gasteiger partial charge in [-0.2, -0.15) is 5.10 Å². The molecule has 2 N–H and O–H groups in total. The zero-order chi connectivity index (χ0) is 17.1. The van der Waals surface area contributed by atoms with E-state index >= 15 is 0 Å². The molecule has 0 aliphatic heterocycles. The Kier molecular flexibility index (Phi) is 4.68. The number of hydrogen-bond donors (Lipinski definition) is 2. The predicted octanol–water partition coefficient (Wildman–Crippen LogP) is 2.50. The van der Waals surface area contributed by atoms with Crippen molar-refractivity contribution in [2.75, 3.05) is 12.4 Å². The Morgan fingerprint density at radius 1 is 1.30 bits per heavy atom. The van der Waals surface area contributed by atoms with E-state index in [1.807, 2.05) is 13.8 Å². The van der Waals surface area contributed by atoms with Crippen molar-refractivity contribution in [3.8, 4) is 5.75 Å². The summed E-state index contributed by atoms with van der Waals surface area (Å²) in [5.41, 5.74) is 1.33. The van der Waals surface area contributed by atoms with E-state index in [0.717, 1.165) is 5.69 Å². The zero-order valence-corrected chi connectivity index (χ0v) is 13.5. The Morgan fingerprint density at radius 2 is 2.00 bits per heavy atom. The fraction of sp³-hybridized carbons (Fsp3) is 0.312. The van der Waals surface area contributed by atoms with Crippen LogP contribution in [0, 0.1) is 0 Å². The van der Waals surface area contributed by atoms with Crippen molar-refractivity contribution >= 4 is 17.6 Å². The molecule has 0 radical (unpaired) electrons. The smallest absolute Gasteiger partial charge is 0.337 e. The van der Waals surface area contributed by atoms with Gasteiger partial charge < -0.3 is 15.2 Å². The molecule has 0 aliphatic carbocycles. The third-order valence-corrected chi connectivity index (χ3v) is 3.43. The Labute approximate surface area is 133 Å². The average molecular weight is 317 g/mol. The molecule has 7 heteroatoms. The van der Waals surface area contributed by atoms with E-state index in [1.54, 1.807) is 19.2 Å². The van der Waals surface area contributed by atoms with Crippen LogP contribution in [0.15, 0.2) is 24.3 Å². The number of aromatic carboxylic acids is 1. The second-order valence-corrected chi connectivity index (χ2v) is 5.40. The van der Waals surface area contributed by atoms with Crippen LogP contribution in [-0.2, 0) is 7.05 Å². The minimum Gasteiger partial charge on any atom is -0.497 e. The summed E-state index contributed by atoms with van der Waals surface area (Å²) in [7, 11) is 3.12. The fourth-order valence-electron chi connectivity index (χ4n) is 2.11. The monoisotopic (exact) mass is 317 g/mol. The number of methoxy groups -OCH3 is 1. The number of anilines is 1. The molecule has 0 fully saturated rings. The lowest BCUT2D eigenvalue weighted by Crippen LogP contribution is -2.18. The third-order valence-electron chi connectivity index (χ3n) is 3.43. The summed E-state index contributed by atoms with van der Waals surface area (Å²) in [6, 6.07) is 6.15. The second-order valence-electron chi connectivity index (χ2n) is 5.40. The van der Waals surface area contributed by atoms with Gasteiger partial charge in [-0.3, -0.25) is 9.48 Å². The van der Waals surface area contributed by atoms with Gasteiger partial charge in [-0.05, 0) is 30.2 Å². The van der Waals surface area contributed by atoms with Crippen LogP contribution in [0.4, 0.5) is 5.69 Å². The molecule has 0 aliphatic rings. The zero-order valence-electron chi connectivity index (χ0n) is 13.5. The van der Waals surface area contributed by atoms with Crippen LogP contribution in [-0.4, -0.2) is 33.9 Å². The highest BCUT2D eigenvalue weighted by molar-refractivity contribution is 6.07. The Bertz CT molecular complexity index is 750. The number of nitrogens with zero attached hydrogens (tertiary/aromatic N) is 2. The Morgan fingerprint density at radius 3 is 2.52 bits per heavy atom. The molecular formula is C16H19N3O4. The summed E-state index contributed by atoms with van der Waals surface area (Å²) >= 11 is 0. The van der Waals surface area contributed by atoms with Crippen LogP contribution in [0.25, 0.3) is 0 Å². The van der Waals surface area contributed by atoms with E-state index in [1.165, 1.54) is 23.9 Å². The number of carboxylic acids is 1. The van der Waals surface area contributed by atoms with Gasteiger partial charge in [-0.15, -0.1) is 0 Å². The van der Waals surface area contributed by atoms with Gasteiger partial charge in [0.1, 0.15) is 11.4 Å². The van der Waals surface area contributed by atoms with Gasteiger partial charge in [0.2, 0.25) is 0 Å². The minimum absolute atomic E-state index is 0.0380. The molecule has 1 heterocycles. The number of aromatic nitrogens is 2. The number of benzene rings is 1. The van der Waals surface area contributed by atoms with Crippen molar-refractivity contribution in [3.05, 3.63) is 41.2 Å². The summed E-state index contributed by atoms with van der Waals surface area (Å²) in [5.74, 6) is -0.965. The molecular weight excluding hydrogens is 298 g/mol. The maximum atomic E-state index is 12.4. The van der Waals surface area contributed by atoms with E-state index in [0.29, 0.717) is 11.4 Å². The van der Waals surface area contributed by atoms with Crippen LogP contribution in [0.2, 0.25) is 0 Å². The van der Waals surface area contributed by atoms with Crippen molar-refractivity contribution in [1.82, 2.24) is 9.78 Å². The number of rotatable bonds is 5. The SMILES string of the molecule is COc1ccc(NC(=O)c2cc(C(C)C)nn2C)c(C(=O)O)c1. The molecule has 2 rings (SSSR count). The molecule has 0 atom stereocenters. The molecule has 0 bridgehead atoms. The standard InChI is InChI=1S/C16H19N3O4/c1-9(2)13-8-14(19(3)18-13)15(20)17-12-6-5-10(23-4)7-11(12)16(21)22/h5-9H,1-4H3,(H,17,20)(H,21,22). The molecule has 0 saturated carbocycles. The van der Waals surface area contributed by atoms with Crippen LogP contribution < -0.4 is 10.1 Å². The fourth-order valence-corrected chi connectivity index (χ4v) is 2.11. The quantitative estimate of drug-likeness (QED) is 0.883. The van der Waals surface area contributed by atoms with Crippen molar-refractivity contribution in [3.63, 3.8) is 0 Å². The summed E-state index contributed by atoms with van der Waals surface area (Å²) in [5, 5.41) is 16.2. The normalized spacial score (nSPS) is 10.7. The van der Waals surface area contributed by atoms with Crippen LogP contribution in [0.5, 0.6) is 5.75 Å². The van der Waals surface area contributed by atoms with E-state index in [-0.39, 0.29) is 17.2 Å². The van der Waals surface area contributed by atoms with Gasteiger partial charge >= 0.3 is 5.97 Å². The van der Waals surface area contributed by atoms with E-state index in [4.69, 9.17) is 4.74 Å². The largest absolute Gasteiger partial charge is 0.497 e. The molecule has 7 nitrogen and oxygen atoms in total. The predicted molar refractivity (Wildman–Crippen MR) is 85.2 cm³/mol. The highest BCUT2D eigenvalue weighted by Gasteiger charge is 2.18. The number of amides is 1. The molecule has 0 unspecified atom stereocenters. The van der Waals surface area contributed by atoms with Crippen molar-refractivity contribution in [1.29, 1.82) is 0 Å². The van der Waals surface area contributed by atoms with Crippen LogP contribution in [0.1, 0.15) is 46.3 Å². The van der Waals surface area contributed by atoms with Crippen molar-refractivity contribution in [2.45, 2.75) is 19.8 Å². The van der Waals surface area contributed by atoms with E-state index in [2.05, 4.69) is 10.4 Å². The first-order chi connectivity index (χ1) is 10.8. The molecule has 23 heavy (non-hydrogen) atoms. The molecule has 122 valence electrons. The molecule has 1 aromatic heterocycles. The lowest BCUT2D eigenvalue weighted by molar-refractivity contribution is 0.0697. The lowest BCUT2D eigenvalue weighted by atomic mass is 10.1. The Balaban J connectivity index is 2.32. The number of nitrogens with one attached hydrogen (secondary N) is 1. The molecule has 2 aromatic rings. The summed E-state index contributed by atoms with van der Waals surface area (Å²) in [4.78, 5) is 23.7. The highest BCUT2D eigenvalue weighted by atomic mass is 16.5. The third kappa shape index (κ3) is 3.50. The molecule has 1 amide bonds. The maximum absolute atomic E-state index is 12.4. The molecule has 0 spiro atoms. The highest BCUT2D eigenvalue weighted by Crippen LogP contribution is 2.23. The maximum Gasteiger partial charge on any atom is 0.337 e. The average Bonchev–Trinajstić information content (AvgIpc) is 2.89. The Hall–Kier alpha value is -2.83. The van der Waals surface area contributed by atoms with Crippen molar-refractivity contribution < 1.29 is 19.4 Å². The van der Waals surface area contributed by atoms with Crippen LogP contribution >= 0.6 is 0 Å². The number of aryl methyl sites for hydroxylation is 1. The second kappa shape index (κ2) is 6.51. The van der Waals surface area contributed by atoms with Gasteiger partial charge in [0.05, 0.1) is 24.1 Å². The first-order valence-electron chi connectivity index (χ1n) is 7.10. The number of carbonyl (C=O) groups is 2. The topological polar surface area (TPSA) is 93.5 Å². The number of ether oxygens (including phenoxy) is 1. The molecule has 0 saturated heterocycles. The number of carbonyl (C=O) groups excluding carboxylic acids is 1.